The first-order valence-corrected chi connectivity index (χ1v) is 10.8. The number of ether oxygens (including phenoxy) is 2. The molecule has 1 aliphatic heterocycles. The van der Waals surface area contributed by atoms with Gasteiger partial charge < -0.3 is 14.8 Å². The van der Waals surface area contributed by atoms with Gasteiger partial charge in [0.1, 0.15) is 23.3 Å². The quantitative estimate of drug-likeness (QED) is 0.302. The highest BCUT2D eigenvalue weighted by Crippen LogP contribution is 2.31. The largest absolute Gasteiger partial charge is 0.489 e. The lowest BCUT2D eigenvalue weighted by Gasteiger charge is -2.12. The average Bonchev–Trinajstić information content (AvgIpc) is 3.03. The first-order valence-electron chi connectivity index (χ1n) is 8.74. The number of thiocarbonyl (C=S) groups is 1. The van der Waals surface area contributed by atoms with Gasteiger partial charge in [0, 0.05) is 21.6 Å². The zero-order valence-electron chi connectivity index (χ0n) is 15.1. The SMILES string of the molecule is O=C1NC(=S)SC1=Cc1cc(Br)ccc1OCCOc1nccc2ccccc12. The van der Waals surface area contributed by atoms with E-state index in [1.165, 1.54) is 11.8 Å². The topological polar surface area (TPSA) is 60.5 Å². The van der Waals surface area contributed by atoms with Crippen molar-refractivity contribution in [2.75, 3.05) is 13.2 Å². The first kappa shape index (κ1) is 19.9. The number of carbonyl (C=O) groups is 1. The molecule has 1 aromatic heterocycles. The molecule has 0 bridgehead atoms. The van der Waals surface area contributed by atoms with E-state index in [1.807, 2.05) is 48.5 Å². The van der Waals surface area contributed by atoms with Gasteiger partial charge in [0.25, 0.3) is 5.91 Å². The fraction of sp³-hybridized carbons (Fsp3) is 0.0952. The number of pyridine rings is 1. The van der Waals surface area contributed by atoms with Gasteiger partial charge in [0.15, 0.2) is 0 Å². The Labute approximate surface area is 185 Å². The van der Waals surface area contributed by atoms with Crippen molar-refractivity contribution < 1.29 is 14.3 Å². The van der Waals surface area contributed by atoms with Crippen LogP contribution in [0.1, 0.15) is 5.56 Å². The summed E-state index contributed by atoms with van der Waals surface area (Å²) in [6.45, 7) is 0.673. The van der Waals surface area contributed by atoms with Crippen LogP contribution in [-0.4, -0.2) is 28.4 Å². The summed E-state index contributed by atoms with van der Waals surface area (Å²) < 4.78 is 13.1. The minimum atomic E-state index is -0.198. The molecule has 5 nitrogen and oxygen atoms in total. The molecule has 1 fully saturated rings. The van der Waals surface area contributed by atoms with Gasteiger partial charge in [-0.3, -0.25) is 4.79 Å². The molecule has 3 aromatic rings. The summed E-state index contributed by atoms with van der Waals surface area (Å²) in [6.07, 6.45) is 3.50. The van der Waals surface area contributed by atoms with Crippen molar-refractivity contribution in [1.82, 2.24) is 10.3 Å². The summed E-state index contributed by atoms with van der Waals surface area (Å²) in [6, 6.07) is 15.5. The van der Waals surface area contributed by atoms with E-state index in [2.05, 4.69) is 26.2 Å². The first-order chi connectivity index (χ1) is 14.1. The maximum absolute atomic E-state index is 11.9. The summed E-state index contributed by atoms with van der Waals surface area (Å²) in [4.78, 5) is 16.8. The lowest BCUT2D eigenvalue weighted by Crippen LogP contribution is -2.17. The van der Waals surface area contributed by atoms with Crippen molar-refractivity contribution >= 4 is 67.0 Å². The monoisotopic (exact) mass is 486 g/mol. The molecular weight excluding hydrogens is 472 g/mol. The highest BCUT2D eigenvalue weighted by Gasteiger charge is 2.22. The second-order valence-electron chi connectivity index (χ2n) is 6.07. The molecule has 8 heteroatoms. The van der Waals surface area contributed by atoms with Crippen LogP contribution < -0.4 is 14.8 Å². The Balaban J connectivity index is 1.44. The molecule has 1 saturated heterocycles. The Morgan fingerprint density at radius 2 is 1.97 bits per heavy atom. The number of amides is 1. The van der Waals surface area contributed by atoms with Crippen LogP contribution in [0.25, 0.3) is 16.8 Å². The third-order valence-corrected chi connectivity index (χ3v) is 5.77. The Hall–Kier alpha value is -2.42. The van der Waals surface area contributed by atoms with Gasteiger partial charge in [-0.15, -0.1) is 0 Å². The molecular formula is C21H15BrN2O3S2. The number of thioether (sulfide) groups is 1. The van der Waals surface area contributed by atoms with E-state index in [1.54, 1.807) is 12.3 Å². The van der Waals surface area contributed by atoms with Gasteiger partial charge in [0.2, 0.25) is 5.88 Å². The number of benzene rings is 2. The molecule has 0 radical (unpaired) electrons. The van der Waals surface area contributed by atoms with Crippen molar-refractivity contribution in [3.05, 3.63) is 69.7 Å². The number of carbonyl (C=O) groups excluding carboxylic acids is 1. The zero-order chi connectivity index (χ0) is 20.2. The number of halogens is 1. The summed E-state index contributed by atoms with van der Waals surface area (Å²) in [5.41, 5.74) is 0.782. The van der Waals surface area contributed by atoms with Crippen molar-refractivity contribution in [2.24, 2.45) is 0 Å². The molecule has 1 amide bonds. The summed E-state index contributed by atoms with van der Waals surface area (Å²) >= 11 is 9.74. The maximum Gasteiger partial charge on any atom is 0.263 e. The lowest BCUT2D eigenvalue weighted by atomic mass is 10.2. The lowest BCUT2D eigenvalue weighted by molar-refractivity contribution is -0.115. The molecule has 0 atom stereocenters. The van der Waals surface area contributed by atoms with Gasteiger partial charge in [-0.2, -0.15) is 0 Å². The summed E-state index contributed by atoms with van der Waals surface area (Å²) in [5, 5.41) is 4.65. The van der Waals surface area contributed by atoms with Crippen LogP contribution in [-0.2, 0) is 4.79 Å². The second-order valence-corrected chi connectivity index (χ2v) is 8.70. The maximum atomic E-state index is 11.9. The van der Waals surface area contributed by atoms with Crippen LogP contribution >= 0.6 is 39.9 Å². The van der Waals surface area contributed by atoms with Gasteiger partial charge in [0.05, 0.1) is 4.91 Å². The van der Waals surface area contributed by atoms with Crippen LogP contribution in [0, 0.1) is 0 Å². The van der Waals surface area contributed by atoms with Gasteiger partial charge in [-0.25, -0.2) is 4.98 Å². The molecule has 2 heterocycles. The van der Waals surface area contributed by atoms with Crippen molar-refractivity contribution in [1.29, 1.82) is 0 Å². The van der Waals surface area contributed by atoms with Crippen LogP contribution in [0.2, 0.25) is 0 Å². The molecule has 0 saturated carbocycles. The van der Waals surface area contributed by atoms with Crippen molar-refractivity contribution in [2.45, 2.75) is 0 Å². The van der Waals surface area contributed by atoms with E-state index in [9.17, 15) is 4.79 Å². The fourth-order valence-corrected chi connectivity index (χ4v) is 4.24. The van der Waals surface area contributed by atoms with E-state index in [0.717, 1.165) is 20.8 Å². The number of rotatable bonds is 6. The number of aromatic nitrogens is 1. The highest BCUT2D eigenvalue weighted by atomic mass is 79.9. The second kappa shape index (κ2) is 8.94. The molecule has 1 aliphatic rings. The molecule has 0 spiro atoms. The zero-order valence-corrected chi connectivity index (χ0v) is 18.3. The Kier molecular flexibility index (Phi) is 6.13. The number of hydrogen-bond donors (Lipinski definition) is 1. The number of fused-ring (bicyclic) bond motifs is 1. The summed E-state index contributed by atoms with van der Waals surface area (Å²) in [7, 11) is 0. The average molecular weight is 487 g/mol. The van der Waals surface area contributed by atoms with Gasteiger partial charge in [-0.1, -0.05) is 58.1 Å². The Morgan fingerprint density at radius 1 is 1.14 bits per heavy atom. The molecule has 29 heavy (non-hydrogen) atoms. The van der Waals surface area contributed by atoms with Crippen LogP contribution in [0.3, 0.4) is 0 Å². The van der Waals surface area contributed by atoms with E-state index in [4.69, 9.17) is 21.7 Å². The van der Waals surface area contributed by atoms with E-state index < -0.39 is 0 Å². The molecule has 4 rings (SSSR count). The standard InChI is InChI=1S/C21H15BrN2O3S2/c22-15-5-6-17(14(11-15)12-18-19(25)24-21(28)29-18)26-9-10-27-20-16-4-2-1-3-13(16)7-8-23-20/h1-8,11-12H,9-10H2,(H,24,25,28). The Bertz CT molecular complexity index is 1130. The van der Waals surface area contributed by atoms with Gasteiger partial charge in [-0.05, 0) is 41.8 Å². The molecule has 1 N–H and O–H groups in total. The number of nitrogens with zero attached hydrogens (tertiary/aromatic N) is 1. The highest BCUT2D eigenvalue weighted by molar-refractivity contribution is 9.10. The molecule has 2 aromatic carbocycles. The predicted molar refractivity (Wildman–Crippen MR) is 123 cm³/mol. The smallest absolute Gasteiger partial charge is 0.263 e. The van der Waals surface area contributed by atoms with Gasteiger partial charge >= 0.3 is 0 Å². The summed E-state index contributed by atoms with van der Waals surface area (Å²) in [5.74, 6) is 1.04. The molecule has 0 aliphatic carbocycles. The molecule has 146 valence electrons. The van der Waals surface area contributed by atoms with Crippen LogP contribution in [0.5, 0.6) is 11.6 Å². The normalized spacial score (nSPS) is 15.0. The van der Waals surface area contributed by atoms with Crippen molar-refractivity contribution in [3.63, 3.8) is 0 Å². The third kappa shape index (κ3) is 4.77. The van der Waals surface area contributed by atoms with E-state index in [-0.39, 0.29) is 5.91 Å². The molecule has 0 unspecified atom stereocenters. The third-order valence-electron chi connectivity index (χ3n) is 4.12. The Morgan fingerprint density at radius 3 is 2.79 bits per heavy atom. The van der Waals surface area contributed by atoms with E-state index in [0.29, 0.717) is 34.1 Å². The number of hydrogen-bond acceptors (Lipinski definition) is 6. The minimum absolute atomic E-state index is 0.198. The minimum Gasteiger partial charge on any atom is -0.489 e. The van der Waals surface area contributed by atoms with Crippen LogP contribution in [0.4, 0.5) is 0 Å². The van der Waals surface area contributed by atoms with Crippen molar-refractivity contribution in [3.8, 4) is 11.6 Å². The van der Waals surface area contributed by atoms with Crippen LogP contribution in [0.15, 0.2) is 64.1 Å². The fourth-order valence-electron chi connectivity index (χ4n) is 2.82. The number of nitrogens with one attached hydrogen (secondary N) is 1. The van der Waals surface area contributed by atoms with E-state index >= 15 is 0 Å². The predicted octanol–water partition coefficient (Wildman–Crippen LogP) is 4.94.